The Hall–Kier alpha value is -7.53. The van der Waals surface area contributed by atoms with Crippen molar-refractivity contribution in [2.75, 3.05) is 6.61 Å². The summed E-state index contributed by atoms with van der Waals surface area (Å²) in [6, 6.07) is 9.70. The third-order valence-corrected chi connectivity index (χ3v) is 14.9. The van der Waals surface area contributed by atoms with Crippen LogP contribution in [0.25, 0.3) is 11.1 Å². The molecule has 5 heterocycles. The molecule has 9 atom stereocenters. The van der Waals surface area contributed by atoms with Crippen molar-refractivity contribution in [1.29, 1.82) is 0 Å². The summed E-state index contributed by atoms with van der Waals surface area (Å²) in [5.74, 6) is -12.5. The summed E-state index contributed by atoms with van der Waals surface area (Å²) in [5.41, 5.74) is 5.44. The number of nitrogens with one attached hydrogen (secondary N) is 4. The number of ether oxygens (including phenoxy) is 2. The molecule has 13 N–H and O–H groups in total. The molecule has 0 radical (unpaired) electrons. The second kappa shape index (κ2) is 23.2. The second-order valence-electron chi connectivity index (χ2n) is 20.0. The molecule has 410 valence electrons. The van der Waals surface area contributed by atoms with Gasteiger partial charge in [-0.25, -0.2) is 0 Å². The standard InChI is InChI=1S/C55H55Cl2N5O15S/c1-22(2)10-23(3)52(72)62-48-50(70)26-6-9-41(34(57)13-26)77-43-15-27-14-42(51(43)71)76-40-8-5-25(12-33(40)56)49(69)32-18-38(66)29(19-44(78)47(27)61-54(74)35(20-45(58)68)59-55(48)75)24-4-7-37(65)31(11-24)46-30(16-28(64)17-39(46)67)36(21-63)60-53(32)73/h4-9,11-17,22-23,29,32,35-36,47-50,63-65,67,69-71H,10,18-21H2,1-3H3,(H2,58,68)(H,59,75)(H,60,73)(H,61,74)(H,62,72)/t23-,29+,32+,35+,36-,47-,48-,49-,50-/m1/s1. The van der Waals surface area contributed by atoms with E-state index in [2.05, 4.69) is 21.3 Å². The number of carbonyl (C=O) groups excluding carboxylic acids is 6. The molecule has 0 saturated carbocycles. The van der Waals surface area contributed by atoms with Crippen LogP contribution in [0.5, 0.6) is 46.0 Å². The largest absolute Gasteiger partial charge is 0.508 e. The lowest BCUT2D eigenvalue weighted by atomic mass is 9.80. The molecule has 23 heteroatoms. The number of phenols is 4. The topological polar surface area (TPSA) is 337 Å². The molecule has 0 unspecified atom stereocenters. The number of benzene rings is 5. The number of fused-ring (bicyclic) bond motifs is 15. The number of ketones is 1. The first-order valence-electron chi connectivity index (χ1n) is 24.7. The van der Waals surface area contributed by atoms with Gasteiger partial charge in [-0.05, 0) is 101 Å². The van der Waals surface area contributed by atoms with E-state index in [1.54, 1.807) is 6.92 Å². The van der Waals surface area contributed by atoms with Gasteiger partial charge in [0.25, 0.3) is 0 Å². The van der Waals surface area contributed by atoms with Gasteiger partial charge in [-0.3, -0.25) is 28.8 Å². The number of hydrogen-bond donors (Lipinski definition) is 12. The van der Waals surface area contributed by atoms with Crippen molar-refractivity contribution >= 4 is 75.6 Å². The highest BCUT2D eigenvalue weighted by molar-refractivity contribution is 7.80. The summed E-state index contributed by atoms with van der Waals surface area (Å²) in [7, 11) is 0. The van der Waals surface area contributed by atoms with Gasteiger partial charge in [0.05, 0.1) is 47.2 Å². The zero-order valence-corrected chi connectivity index (χ0v) is 44.3. The second-order valence-corrected chi connectivity index (χ2v) is 21.3. The Bertz CT molecular complexity index is 3270. The van der Waals surface area contributed by atoms with Gasteiger partial charge in [0.1, 0.15) is 52.7 Å². The van der Waals surface area contributed by atoms with E-state index in [9.17, 15) is 59.7 Å². The lowest BCUT2D eigenvalue weighted by Gasteiger charge is -2.31. The summed E-state index contributed by atoms with van der Waals surface area (Å²) < 4.78 is 12.5. The van der Waals surface area contributed by atoms with E-state index in [1.807, 2.05) is 13.8 Å². The summed E-state index contributed by atoms with van der Waals surface area (Å²) >= 11 is 19.8. The number of hydrogen-bond acceptors (Lipinski definition) is 16. The first kappa shape index (κ1) is 56.7. The van der Waals surface area contributed by atoms with Gasteiger partial charge in [0.15, 0.2) is 11.5 Å². The normalized spacial score (nSPS) is 23.0. The van der Waals surface area contributed by atoms with E-state index in [0.717, 1.165) is 12.1 Å². The Balaban J connectivity index is 1.36. The SMILES string of the molecule is CC(C)C[C@@H](C)C(=O)N[C@H]1C(=O)N[C@@H](CC(N)=O)C(=O)N[C@H]2C(=S)C[C@@H]3C(=O)C[C@H](C(=O)N[C@H](CO)c4cc(O)cc(O)c4-c4cc3ccc4O)[C@H](O)c3ccc(c(Cl)c3)Oc3cc2cc(c3O)Oc2ccc(cc2Cl)[C@H]1O. The molecule has 0 spiro atoms. The van der Waals surface area contributed by atoms with E-state index in [-0.39, 0.29) is 82.8 Å². The number of aliphatic hydroxyl groups is 3. The predicted octanol–water partition coefficient (Wildman–Crippen LogP) is 6.13. The number of Topliss-reactive ketones (excluding diaryl/α,β-unsaturated/α-hetero) is 1. The van der Waals surface area contributed by atoms with Crippen LogP contribution in [-0.2, 0) is 28.8 Å². The Kier molecular flexibility index (Phi) is 16.9. The lowest BCUT2D eigenvalue weighted by Crippen LogP contribution is -2.57. The Morgan fingerprint density at radius 3 is 1.91 bits per heavy atom. The predicted molar refractivity (Wildman–Crippen MR) is 286 cm³/mol. The van der Waals surface area contributed by atoms with Crippen molar-refractivity contribution in [1.82, 2.24) is 21.3 Å². The van der Waals surface area contributed by atoms with E-state index in [0.29, 0.717) is 6.42 Å². The minimum atomic E-state index is -1.85. The molecule has 11 bridgehead atoms. The third-order valence-electron chi connectivity index (χ3n) is 13.9. The lowest BCUT2D eigenvalue weighted by molar-refractivity contribution is -0.136. The van der Waals surface area contributed by atoms with Crippen LogP contribution in [0, 0.1) is 17.8 Å². The number of primary amides is 1. The molecule has 20 nitrogen and oxygen atoms in total. The van der Waals surface area contributed by atoms with Gasteiger partial charge < -0.3 is 72.2 Å². The van der Waals surface area contributed by atoms with Gasteiger partial charge in [-0.2, -0.15) is 0 Å². The maximum Gasteiger partial charge on any atom is 0.246 e. The quantitative estimate of drug-likeness (QED) is 0.0816. The average molecular weight is 1130 g/mol. The fourth-order valence-corrected chi connectivity index (χ4v) is 10.7. The summed E-state index contributed by atoms with van der Waals surface area (Å²) in [4.78, 5) is 85.4. The number of nitrogens with two attached hydrogens (primary N) is 1. The van der Waals surface area contributed by atoms with Crippen molar-refractivity contribution in [2.45, 2.75) is 88.7 Å². The van der Waals surface area contributed by atoms with Crippen molar-refractivity contribution in [3.63, 3.8) is 0 Å². The average Bonchev–Trinajstić information content (AvgIpc) is 3.40. The van der Waals surface area contributed by atoms with Crippen LogP contribution in [0.3, 0.4) is 0 Å². The highest BCUT2D eigenvalue weighted by Crippen LogP contribution is 2.49. The number of halogens is 2. The van der Waals surface area contributed by atoms with Crippen LogP contribution in [0.15, 0.2) is 78.9 Å². The van der Waals surface area contributed by atoms with Crippen LogP contribution in [0.2, 0.25) is 10.0 Å². The van der Waals surface area contributed by atoms with Crippen molar-refractivity contribution in [3.8, 4) is 57.1 Å². The number of aromatic hydroxyl groups is 4. The molecule has 78 heavy (non-hydrogen) atoms. The smallest absolute Gasteiger partial charge is 0.246 e. The zero-order chi connectivity index (χ0) is 56.6. The number of amides is 5. The maximum absolute atomic E-state index is 15.2. The maximum atomic E-state index is 15.2. The molecule has 10 rings (SSSR count). The molecular formula is C55H55Cl2N5O15S. The summed E-state index contributed by atoms with van der Waals surface area (Å²) in [6.45, 7) is 4.58. The monoisotopic (exact) mass is 1130 g/mol. The highest BCUT2D eigenvalue weighted by Gasteiger charge is 2.40. The van der Waals surface area contributed by atoms with Crippen LogP contribution >= 0.6 is 35.4 Å². The van der Waals surface area contributed by atoms with Crippen molar-refractivity contribution in [3.05, 3.63) is 117 Å². The van der Waals surface area contributed by atoms with E-state index >= 15 is 4.79 Å². The van der Waals surface area contributed by atoms with E-state index < -0.39 is 138 Å². The molecule has 5 aromatic carbocycles. The fourth-order valence-electron chi connectivity index (χ4n) is 9.93. The Labute approximate surface area is 461 Å². The Morgan fingerprint density at radius 1 is 0.718 bits per heavy atom. The summed E-state index contributed by atoms with van der Waals surface area (Å²) in [6.07, 6.45) is -5.34. The van der Waals surface area contributed by atoms with Gasteiger partial charge in [0, 0.05) is 40.3 Å². The minimum absolute atomic E-state index is 0.000268. The minimum Gasteiger partial charge on any atom is -0.508 e. The number of carbonyl (C=O) groups is 6. The molecule has 5 aliphatic rings. The van der Waals surface area contributed by atoms with Crippen LogP contribution in [-0.4, -0.2) is 94.6 Å². The first-order chi connectivity index (χ1) is 36.9. The van der Waals surface area contributed by atoms with E-state index in [1.165, 1.54) is 66.7 Å². The molecule has 0 saturated heterocycles. The molecule has 5 aromatic rings. The molecular weight excluding hydrogens is 1070 g/mol. The molecule has 0 aliphatic carbocycles. The van der Waals surface area contributed by atoms with Gasteiger partial charge in [-0.1, -0.05) is 74.4 Å². The fraction of sp³-hybridized carbons (Fsp3) is 0.327. The van der Waals surface area contributed by atoms with Gasteiger partial charge >= 0.3 is 0 Å². The molecule has 5 amide bonds. The Morgan fingerprint density at radius 2 is 1.32 bits per heavy atom. The molecule has 0 aromatic heterocycles. The van der Waals surface area contributed by atoms with Gasteiger partial charge in [0.2, 0.25) is 35.3 Å². The summed E-state index contributed by atoms with van der Waals surface area (Å²) in [5, 5.41) is 90.2. The van der Waals surface area contributed by atoms with Crippen molar-refractivity contribution in [2.24, 2.45) is 23.5 Å². The van der Waals surface area contributed by atoms with Crippen LogP contribution in [0.1, 0.15) is 104 Å². The number of phenolic OH excluding ortho intramolecular Hbond substituents is 4. The molecule has 0 fully saturated rings. The van der Waals surface area contributed by atoms with Crippen LogP contribution < -0.4 is 36.5 Å². The van der Waals surface area contributed by atoms with E-state index in [4.69, 9.17) is 50.6 Å². The van der Waals surface area contributed by atoms with Crippen LogP contribution in [0.4, 0.5) is 0 Å². The number of rotatable bonds is 7. The molecule has 5 aliphatic heterocycles. The van der Waals surface area contributed by atoms with Gasteiger partial charge in [-0.15, -0.1) is 0 Å². The van der Waals surface area contributed by atoms with Crippen molar-refractivity contribution < 1.29 is 74.0 Å². The zero-order valence-electron chi connectivity index (χ0n) is 42.0. The number of thiocarbonyl (C=S) groups is 1. The highest BCUT2D eigenvalue weighted by atomic mass is 35.5. The number of aliphatic hydroxyl groups excluding tert-OH is 3. The third kappa shape index (κ3) is 12.0. The first-order valence-corrected chi connectivity index (χ1v) is 25.8.